The number of carbonyl (C=O) groups excluding carboxylic acids is 2. The Hall–Kier alpha value is -2.63. The Balaban J connectivity index is 1.73. The molecule has 138 valence electrons. The Labute approximate surface area is 152 Å². The number of aromatic hydroxyl groups is 1. The molecule has 1 saturated carbocycles. The molecule has 1 amide bonds. The van der Waals surface area contributed by atoms with Gasteiger partial charge in [-0.1, -0.05) is 19.3 Å². The van der Waals surface area contributed by atoms with E-state index in [-0.39, 0.29) is 41.5 Å². The molecule has 0 spiro atoms. The number of ketones is 1. The summed E-state index contributed by atoms with van der Waals surface area (Å²) in [5.41, 5.74) is 0.539. The van der Waals surface area contributed by atoms with Crippen molar-refractivity contribution in [1.29, 1.82) is 0 Å². The van der Waals surface area contributed by atoms with E-state index < -0.39 is 0 Å². The van der Waals surface area contributed by atoms with E-state index in [4.69, 9.17) is 4.42 Å². The Morgan fingerprint density at radius 1 is 1.23 bits per heavy atom. The molecule has 3 rings (SSSR count). The first-order valence-corrected chi connectivity index (χ1v) is 9.08. The van der Waals surface area contributed by atoms with Crippen LogP contribution in [0.2, 0.25) is 0 Å². The molecule has 1 aliphatic carbocycles. The van der Waals surface area contributed by atoms with Gasteiger partial charge in [0.15, 0.2) is 17.3 Å². The quantitative estimate of drug-likeness (QED) is 0.772. The standard InChI is InChI=1S/C20H24N2O4/c1-21-20(25)15(13-5-3-2-4-6-13)11-17(24)19-10-9-18(26-19)16-8-7-14(23)12-22-16/h7-10,12-13,15,23H,2-6,11H2,1H3,(H,21,25)/t15-/m0/s1. The molecule has 2 aromatic heterocycles. The summed E-state index contributed by atoms with van der Waals surface area (Å²) in [6.45, 7) is 0. The number of carbonyl (C=O) groups is 2. The van der Waals surface area contributed by atoms with Gasteiger partial charge in [-0.25, -0.2) is 4.98 Å². The van der Waals surface area contributed by atoms with E-state index in [9.17, 15) is 14.7 Å². The van der Waals surface area contributed by atoms with Gasteiger partial charge in [-0.05, 0) is 43.0 Å². The van der Waals surface area contributed by atoms with Gasteiger partial charge in [-0.2, -0.15) is 0 Å². The van der Waals surface area contributed by atoms with Gasteiger partial charge in [0.2, 0.25) is 5.91 Å². The van der Waals surface area contributed by atoms with E-state index >= 15 is 0 Å². The van der Waals surface area contributed by atoms with Crippen molar-refractivity contribution in [3.63, 3.8) is 0 Å². The Morgan fingerprint density at radius 2 is 2.00 bits per heavy atom. The molecule has 0 aliphatic heterocycles. The summed E-state index contributed by atoms with van der Waals surface area (Å²) in [6, 6.07) is 6.44. The predicted molar refractivity (Wildman–Crippen MR) is 96.7 cm³/mol. The number of Topliss-reactive ketones (excluding diaryl/α,β-unsaturated/α-hetero) is 1. The first-order valence-electron chi connectivity index (χ1n) is 9.08. The summed E-state index contributed by atoms with van der Waals surface area (Å²) in [5.74, 6) is 0.458. The lowest BCUT2D eigenvalue weighted by Gasteiger charge is -2.28. The van der Waals surface area contributed by atoms with Gasteiger partial charge in [0.25, 0.3) is 0 Å². The molecule has 2 aromatic rings. The van der Waals surface area contributed by atoms with Crippen LogP contribution >= 0.6 is 0 Å². The molecule has 0 aromatic carbocycles. The first-order chi connectivity index (χ1) is 12.6. The molecule has 6 heteroatoms. The smallest absolute Gasteiger partial charge is 0.223 e. The van der Waals surface area contributed by atoms with Crippen LogP contribution in [0.25, 0.3) is 11.5 Å². The van der Waals surface area contributed by atoms with Gasteiger partial charge in [-0.3, -0.25) is 9.59 Å². The van der Waals surface area contributed by atoms with Gasteiger partial charge in [0.05, 0.1) is 6.20 Å². The van der Waals surface area contributed by atoms with Crippen LogP contribution in [0, 0.1) is 11.8 Å². The second kappa shape index (κ2) is 8.17. The van der Waals surface area contributed by atoms with Gasteiger partial charge in [-0.15, -0.1) is 0 Å². The highest BCUT2D eigenvalue weighted by Gasteiger charge is 2.31. The molecule has 0 unspecified atom stereocenters. The zero-order valence-corrected chi connectivity index (χ0v) is 14.9. The lowest BCUT2D eigenvalue weighted by molar-refractivity contribution is -0.126. The van der Waals surface area contributed by atoms with Crippen LogP contribution in [0.5, 0.6) is 5.75 Å². The van der Waals surface area contributed by atoms with E-state index in [0.29, 0.717) is 11.5 Å². The van der Waals surface area contributed by atoms with Crippen LogP contribution in [0.3, 0.4) is 0 Å². The van der Waals surface area contributed by atoms with Gasteiger partial charge in [0, 0.05) is 19.4 Å². The highest BCUT2D eigenvalue weighted by atomic mass is 16.3. The average molecular weight is 356 g/mol. The lowest BCUT2D eigenvalue weighted by atomic mass is 9.77. The van der Waals surface area contributed by atoms with E-state index in [1.54, 1.807) is 25.2 Å². The summed E-state index contributed by atoms with van der Waals surface area (Å²) in [4.78, 5) is 29.1. The summed E-state index contributed by atoms with van der Waals surface area (Å²) in [5, 5.41) is 12.0. The molecule has 26 heavy (non-hydrogen) atoms. The normalized spacial score (nSPS) is 16.2. The number of aromatic nitrogens is 1. The van der Waals surface area contributed by atoms with Gasteiger partial charge < -0.3 is 14.8 Å². The average Bonchev–Trinajstić information content (AvgIpc) is 3.17. The Bertz CT molecular complexity index is 760. The van der Waals surface area contributed by atoms with Crippen molar-refractivity contribution in [2.24, 2.45) is 11.8 Å². The van der Waals surface area contributed by atoms with Crippen molar-refractivity contribution < 1.29 is 19.1 Å². The third-order valence-electron chi connectivity index (χ3n) is 5.09. The number of rotatable bonds is 6. The number of furan rings is 1. The number of hydrogen-bond acceptors (Lipinski definition) is 5. The third-order valence-corrected chi connectivity index (χ3v) is 5.09. The highest BCUT2D eigenvalue weighted by molar-refractivity contribution is 5.97. The van der Waals surface area contributed by atoms with Crippen LogP contribution in [0.1, 0.15) is 49.1 Å². The van der Waals surface area contributed by atoms with Crippen LogP contribution in [0.15, 0.2) is 34.9 Å². The molecule has 0 radical (unpaired) electrons. The summed E-state index contributed by atoms with van der Waals surface area (Å²) in [6.07, 6.45) is 6.89. The second-order valence-electron chi connectivity index (χ2n) is 6.81. The molecule has 1 fully saturated rings. The highest BCUT2D eigenvalue weighted by Crippen LogP contribution is 2.33. The number of amides is 1. The van der Waals surface area contributed by atoms with Crippen molar-refractivity contribution in [3.8, 4) is 17.2 Å². The minimum atomic E-state index is -0.312. The molecular weight excluding hydrogens is 332 g/mol. The maximum absolute atomic E-state index is 12.7. The van der Waals surface area contributed by atoms with E-state index in [1.807, 2.05) is 0 Å². The Kier molecular flexibility index (Phi) is 5.71. The molecule has 0 bridgehead atoms. The van der Waals surface area contributed by atoms with Gasteiger partial charge >= 0.3 is 0 Å². The zero-order chi connectivity index (χ0) is 18.5. The topological polar surface area (TPSA) is 92.4 Å². The number of nitrogens with zero attached hydrogens (tertiary/aromatic N) is 1. The fourth-order valence-electron chi connectivity index (χ4n) is 3.65. The van der Waals surface area contributed by atoms with E-state index in [0.717, 1.165) is 25.7 Å². The van der Waals surface area contributed by atoms with Crippen molar-refractivity contribution >= 4 is 11.7 Å². The predicted octanol–water partition coefficient (Wildman–Crippen LogP) is 3.56. The van der Waals surface area contributed by atoms with Crippen molar-refractivity contribution in [3.05, 3.63) is 36.2 Å². The van der Waals surface area contributed by atoms with Gasteiger partial charge in [0.1, 0.15) is 11.4 Å². The largest absolute Gasteiger partial charge is 0.506 e. The SMILES string of the molecule is CNC(=O)[C@@H](CC(=O)c1ccc(-c2ccc(O)cn2)o1)C1CCCCC1. The Morgan fingerprint density at radius 3 is 2.65 bits per heavy atom. The molecule has 1 atom stereocenters. The number of hydrogen-bond donors (Lipinski definition) is 2. The second-order valence-corrected chi connectivity index (χ2v) is 6.81. The first kappa shape index (κ1) is 18.2. The zero-order valence-electron chi connectivity index (χ0n) is 14.9. The molecule has 1 aliphatic rings. The molecule has 2 heterocycles. The summed E-state index contributed by atoms with van der Waals surface area (Å²) < 4.78 is 5.65. The lowest BCUT2D eigenvalue weighted by Crippen LogP contribution is -2.35. The third kappa shape index (κ3) is 4.12. The fourth-order valence-corrected chi connectivity index (χ4v) is 3.65. The molecular formula is C20H24N2O4. The van der Waals surface area contributed by atoms with Crippen molar-refractivity contribution in [2.75, 3.05) is 7.05 Å². The van der Waals surface area contributed by atoms with Crippen molar-refractivity contribution in [1.82, 2.24) is 10.3 Å². The minimum absolute atomic E-state index is 0.0671. The number of pyridine rings is 1. The van der Waals surface area contributed by atoms with Crippen LogP contribution < -0.4 is 5.32 Å². The number of nitrogens with one attached hydrogen (secondary N) is 1. The monoisotopic (exact) mass is 356 g/mol. The van der Waals surface area contributed by atoms with Crippen LogP contribution in [-0.4, -0.2) is 28.8 Å². The van der Waals surface area contributed by atoms with Crippen LogP contribution in [0.4, 0.5) is 0 Å². The van der Waals surface area contributed by atoms with Crippen molar-refractivity contribution in [2.45, 2.75) is 38.5 Å². The molecule has 2 N–H and O–H groups in total. The van der Waals surface area contributed by atoms with Crippen LogP contribution in [-0.2, 0) is 4.79 Å². The molecule has 0 saturated heterocycles. The fraction of sp³-hybridized carbons (Fsp3) is 0.450. The maximum Gasteiger partial charge on any atom is 0.223 e. The minimum Gasteiger partial charge on any atom is -0.506 e. The molecule has 6 nitrogen and oxygen atoms in total. The van der Waals surface area contributed by atoms with E-state index in [2.05, 4.69) is 10.3 Å². The maximum atomic E-state index is 12.7. The van der Waals surface area contributed by atoms with E-state index in [1.165, 1.54) is 18.7 Å². The summed E-state index contributed by atoms with van der Waals surface area (Å²) >= 11 is 0. The summed E-state index contributed by atoms with van der Waals surface area (Å²) in [7, 11) is 1.62.